The lowest BCUT2D eigenvalue weighted by molar-refractivity contribution is 0.631. The smallest absolute Gasteiger partial charge is 0.146 e. The van der Waals surface area contributed by atoms with Crippen molar-refractivity contribution in [2.24, 2.45) is 5.73 Å². The molecule has 0 amide bonds. The molecule has 18 heavy (non-hydrogen) atoms. The van der Waals surface area contributed by atoms with Crippen molar-refractivity contribution in [1.29, 1.82) is 0 Å². The van der Waals surface area contributed by atoms with E-state index in [0.29, 0.717) is 17.1 Å². The molecule has 0 fully saturated rings. The molecule has 0 atom stereocenters. The number of aryl methyl sites for hydroxylation is 1. The zero-order valence-corrected chi connectivity index (χ0v) is 10.6. The molecule has 0 unspecified atom stereocenters. The van der Waals surface area contributed by atoms with Crippen LogP contribution >= 0.6 is 12.2 Å². The molecule has 5 heteroatoms. The summed E-state index contributed by atoms with van der Waals surface area (Å²) >= 11 is 4.83. The van der Waals surface area contributed by atoms with Crippen LogP contribution in [0.4, 0.5) is 15.9 Å². The van der Waals surface area contributed by atoms with E-state index >= 15 is 0 Å². The number of rotatable bonds is 3. The van der Waals surface area contributed by atoms with Crippen molar-refractivity contribution in [1.82, 2.24) is 4.98 Å². The molecule has 0 saturated carbocycles. The molecular weight excluding hydrogens is 249 g/mol. The lowest BCUT2D eigenvalue weighted by Crippen LogP contribution is -2.09. The first-order valence-corrected chi connectivity index (χ1v) is 5.76. The molecule has 0 aliphatic carbocycles. The number of nitrogens with two attached hydrogens (primary N) is 1. The third-order valence-electron chi connectivity index (χ3n) is 2.43. The van der Waals surface area contributed by atoms with Gasteiger partial charge in [0, 0.05) is 11.8 Å². The molecule has 0 radical (unpaired) electrons. The minimum absolute atomic E-state index is 0.288. The molecule has 92 valence electrons. The van der Waals surface area contributed by atoms with Crippen LogP contribution in [0.3, 0.4) is 0 Å². The Kier molecular flexibility index (Phi) is 3.53. The predicted molar refractivity (Wildman–Crippen MR) is 74.5 cm³/mol. The average molecular weight is 261 g/mol. The van der Waals surface area contributed by atoms with Gasteiger partial charge in [-0.1, -0.05) is 18.3 Å². The van der Waals surface area contributed by atoms with Gasteiger partial charge in [0.15, 0.2) is 0 Å². The van der Waals surface area contributed by atoms with Gasteiger partial charge in [-0.05, 0) is 36.8 Å². The van der Waals surface area contributed by atoms with E-state index in [1.165, 1.54) is 6.07 Å². The van der Waals surface area contributed by atoms with Gasteiger partial charge in [0.1, 0.15) is 16.6 Å². The Morgan fingerprint density at radius 3 is 2.72 bits per heavy atom. The molecule has 0 bridgehead atoms. The summed E-state index contributed by atoms with van der Waals surface area (Å²) in [6.45, 7) is 1.90. The van der Waals surface area contributed by atoms with Gasteiger partial charge in [0.2, 0.25) is 0 Å². The van der Waals surface area contributed by atoms with E-state index in [1.54, 1.807) is 30.5 Å². The van der Waals surface area contributed by atoms with Crippen molar-refractivity contribution in [3.8, 4) is 0 Å². The summed E-state index contributed by atoms with van der Waals surface area (Å²) < 4.78 is 13.5. The zero-order valence-electron chi connectivity index (χ0n) is 9.77. The second-order valence-electron chi connectivity index (χ2n) is 3.90. The molecule has 3 nitrogen and oxygen atoms in total. The number of hydrogen-bond acceptors (Lipinski definition) is 3. The maximum absolute atomic E-state index is 13.5. The monoisotopic (exact) mass is 261 g/mol. The second kappa shape index (κ2) is 5.10. The summed E-state index contributed by atoms with van der Waals surface area (Å²) in [6, 6.07) is 8.30. The van der Waals surface area contributed by atoms with Crippen LogP contribution in [0.2, 0.25) is 0 Å². The van der Waals surface area contributed by atoms with Crippen LogP contribution in [0.5, 0.6) is 0 Å². The van der Waals surface area contributed by atoms with Crippen molar-refractivity contribution < 1.29 is 4.39 Å². The third-order valence-corrected chi connectivity index (χ3v) is 2.67. The Bertz CT molecular complexity index is 581. The number of hydrogen-bond donors (Lipinski definition) is 2. The van der Waals surface area contributed by atoms with Crippen LogP contribution in [0.25, 0.3) is 0 Å². The minimum Gasteiger partial charge on any atom is -0.389 e. The summed E-state index contributed by atoms with van der Waals surface area (Å²) in [5.41, 5.74) is 7.52. The molecule has 1 heterocycles. The van der Waals surface area contributed by atoms with Gasteiger partial charge < -0.3 is 11.1 Å². The minimum atomic E-state index is -0.319. The Hall–Kier alpha value is -2.01. The van der Waals surface area contributed by atoms with Gasteiger partial charge in [-0.3, -0.25) is 0 Å². The molecule has 0 aliphatic heterocycles. The summed E-state index contributed by atoms with van der Waals surface area (Å²) in [6.07, 6.45) is 1.55. The highest BCUT2D eigenvalue weighted by Crippen LogP contribution is 2.19. The van der Waals surface area contributed by atoms with Crippen molar-refractivity contribution in [3.63, 3.8) is 0 Å². The van der Waals surface area contributed by atoms with E-state index in [2.05, 4.69) is 10.3 Å². The van der Waals surface area contributed by atoms with E-state index in [9.17, 15) is 4.39 Å². The van der Waals surface area contributed by atoms with Crippen LogP contribution < -0.4 is 11.1 Å². The largest absolute Gasteiger partial charge is 0.389 e. The number of pyridine rings is 1. The molecule has 1 aromatic carbocycles. The van der Waals surface area contributed by atoms with E-state index in [4.69, 9.17) is 18.0 Å². The molecule has 2 rings (SSSR count). The fraction of sp³-hybridized carbons (Fsp3) is 0.0769. The quantitative estimate of drug-likeness (QED) is 0.834. The van der Waals surface area contributed by atoms with Crippen LogP contribution in [0.1, 0.15) is 11.1 Å². The standard InChI is InChI=1S/C13H12FN3S/c1-8-2-4-10(14)11(6-8)17-12-5-3-9(7-16-12)13(15)18/h2-7H,1H3,(H2,15,18)(H,16,17). The van der Waals surface area contributed by atoms with Gasteiger partial charge in [-0.15, -0.1) is 0 Å². The summed E-state index contributed by atoms with van der Waals surface area (Å²) in [5, 5.41) is 2.91. The molecule has 0 saturated heterocycles. The number of aromatic nitrogens is 1. The highest BCUT2D eigenvalue weighted by molar-refractivity contribution is 7.80. The first-order valence-electron chi connectivity index (χ1n) is 5.35. The number of nitrogens with zero attached hydrogens (tertiary/aromatic N) is 1. The molecule has 2 aromatic rings. The Morgan fingerprint density at radius 2 is 2.11 bits per heavy atom. The average Bonchev–Trinajstić information content (AvgIpc) is 2.34. The highest BCUT2D eigenvalue weighted by atomic mass is 32.1. The second-order valence-corrected chi connectivity index (χ2v) is 4.34. The van der Waals surface area contributed by atoms with E-state index in [1.807, 2.05) is 6.92 Å². The van der Waals surface area contributed by atoms with Crippen molar-refractivity contribution in [3.05, 3.63) is 53.5 Å². The normalized spacial score (nSPS) is 10.1. The van der Waals surface area contributed by atoms with E-state index in [-0.39, 0.29) is 10.8 Å². The highest BCUT2D eigenvalue weighted by Gasteiger charge is 2.04. The molecular formula is C13H12FN3S. The number of nitrogens with one attached hydrogen (secondary N) is 1. The van der Waals surface area contributed by atoms with Crippen molar-refractivity contribution in [2.75, 3.05) is 5.32 Å². The van der Waals surface area contributed by atoms with Crippen LogP contribution in [-0.4, -0.2) is 9.97 Å². The third kappa shape index (κ3) is 2.81. The first kappa shape index (κ1) is 12.4. The predicted octanol–water partition coefficient (Wildman–Crippen LogP) is 2.91. The maximum Gasteiger partial charge on any atom is 0.146 e. The molecule has 3 N–H and O–H groups in total. The number of thiocarbonyl (C=S) groups is 1. The SMILES string of the molecule is Cc1ccc(F)c(Nc2ccc(C(N)=S)cn2)c1. The van der Waals surface area contributed by atoms with E-state index in [0.717, 1.165) is 5.56 Å². The molecule has 0 aliphatic rings. The van der Waals surface area contributed by atoms with Gasteiger partial charge in [-0.25, -0.2) is 9.37 Å². The Balaban J connectivity index is 2.23. The number of halogens is 1. The topological polar surface area (TPSA) is 50.9 Å². The van der Waals surface area contributed by atoms with Crippen LogP contribution in [-0.2, 0) is 0 Å². The first-order chi connectivity index (χ1) is 8.56. The molecule has 1 aromatic heterocycles. The van der Waals surface area contributed by atoms with Gasteiger partial charge in [0.25, 0.3) is 0 Å². The fourth-order valence-corrected chi connectivity index (χ4v) is 1.61. The van der Waals surface area contributed by atoms with Gasteiger partial charge in [-0.2, -0.15) is 0 Å². The lowest BCUT2D eigenvalue weighted by atomic mass is 10.2. The van der Waals surface area contributed by atoms with Gasteiger partial charge >= 0.3 is 0 Å². The van der Waals surface area contributed by atoms with E-state index < -0.39 is 0 Å². The number of anilines is 2. The maximum atomic E-state index is 13.5. The zero-order chi connectivity index (χ0) is 13.1. The lowest BCUT2D eigenvalue weighted by Gasteiger charge is -2.08. The summed E-state index contributed by atoms with van der Waals surface area (Å²) in [5.74, 6) is 0.223. The van der Waals surface area contributed by atoms with Gasteiger partial charge in [0.05, 0.1) is 5.69 Å². The van der Waals surface area contributed by atoms with Crippen LogP contribution in [0, 0.1) is 12.7 Å². The summed E-state index contributed by atoms with van der Waals surface area (Å²) in [7, 11) is 0. The Labute approximate surface area is 110 Å². The van der Waals surface area contributed by atoms with Crippen molar-refractivity contribution in [2.45, 2.75) is 6.92 Å². The summed E-state index contributed by atoms with van der Waals surface area (Å²) in [4.78, 5) is 4.41. The van der Waals surface area contributed by atoms with Crippen LogP contribution in [0.15, 0.2) is 36.5 Å². The Morgan fingerprint density at radius 1 is 1.33 bits per heavy atom. The van der Waals surface area contributed by atoms with Crippen molar-refractivity contribution >= 4 is 28.7 Å². The number of benzene rings is 1. The molecule has 0 spiro atoms. The fourth-order valence-electron chi connectivity index (χ4n) is 1.49.